The Hall–Kier alpha value is -0.900. The van der Waals surface area contributed by atoms with Crippen molar-refractivity contribution >= 4 is 0 Å². The average Bonchev–Trinajstić information content (AvgIpc) is 2.50. The van der Waals surface area contributed by atoms with Gasteiger partial charge in [-0.1, -0.05) is 50.6 Å². The summed E-state index contributed by atoms with van der Waals surface area (Å²) in [7, 11) is 0. The molecule has 0 saturated heterocycles. The lowest BCUT2D eigenvalue weighted by Gasteiger charge is -2.25. The molecule has 1 N–H and O–H groups in total. The number of hydrogen-bond acceptors (Lipinski definition) is 3. The molecule has 1 unspecified atom stereocenters. The van der Waals surface area contributed by atoms with Gasteiger partial charge < -0.3 is 14.9 Å². The van der Waals surface area contributed by atoms with Crippen molar-refractivity contribution < 1.29 is 5.11 Å². The summed E-state index contributed by atoms with van der Waals surface area (Å²) >= 11 is 0. The number of aryl methyl sites for hydroxylation is 1. The minimum atomic E-state index is -0.390. The minimum absolute atomic E-state index is 0.390. The predicted octanol–water partition coefficient (Wildman–Crippen LogP) is 3.08. The summed E-state index contributed by atoms with van der Waals surface area (Å²) in [6.07, 6.45) is 0.773. The minimum Gasteiger partial charge on any atom is -0.387 e. The predicted molar refractivity (Wildman–Crippen MR) is 90.7 cm³/mol. The van der Waals surface area contributed by atoms with Gasteiger partial charge in [-0.2, -0.15) is 0 Å². The summed E-state index contributed by atoms with van der Waals surface area (Å²) in [6.45, 7) is 14.8. The summed E-state index contributed by atoms with van der Waals surface area (Å²) in [5.74, 6) is 0. The Bertz CT molecular complexity index is 373. The monoisotopic (exact) mass is 292 g/mol. The maximum absolute atomic E-state index is 10.4. The smallest absolute Gasteiger partial charge is 0.0916 e. The van der Waals surface area contributed by atoms with Crippen molar-refractivity contribution in [2.75, 3.05) is 39.3 Å². The van der Waals surface area contributed by atoms with Crippen molar-refractivity contribution in [3.63, 3.8) is 0 Å². The quantitative estimate of drug-likeness (QED) is 0.718. The van der Waals surface area contributed by atoms with Crippen molar-refractivity contribution in [1.82, 2.24) is 9.80 Å². The van der Waals surface area contributed by atoms with Crippen molar-refractivity contribution in [2.24, 2.45) is 0 Å². The van der Waals surface area contributed by atoms with Crippen LogP contribution in [0.25, 0.3) is 0 Å². The van der Waals surface area contributed by atoms with Crippen LogP contribution >= 0.6 is 0 Å². The molecule has 3 heteroatoms. The maximum atomic E-state index is 10.4. The molecule has 0 spiro atoms. The van der Waals surface area contributed by atoms with Crippen LogP contribution in [-0.4, -0.2) is 54.2 Å². The highest BCUT2D eigenvalue weighted by molar-refractivity contribution is 5.23. The van der Waals surface area contributed by atoms with E-state index in [1.54, 1.807) is 0 Å². The normalized spacial score (nSPS) is 13.1. The molecule has 21 heavy (non-hydrogen) atoms. The zero-order valence-electron chi connectivity index (χ0n) is 14.2. The van der Waals surface area contributed by atoms with E-state index >= 15 is 0 Å². The zero-order chi connectivity index (χ0) is 15.7. The van der Waals surface area contributed by atoms with E-state index in [4.69, 9.17) is 0 Å². The van der Waals surface area contributed by atoms with Gasteiger partial charge >= 0.3 is 0 Å². The molecule has 0 aliphatic carbocycles. The van der Waals surface area contributed by atoms with Crippen molar-refractivity contribution in [3.8, 4) is 0 Å². The van der Waals surface area contributed by atoms with Gasteiger partial charge in [0.1, 0.15) is 0 Å². The number of aliphatic hydroxyl groups is 1. The lowest BCUT2D eigenvalue weighted by Crippen LogP contribution is -2.32. The summed E-state index contributed by atoms with van der Waals surface area (Å²) < 4.78 is 0. The highest BCUT2D eigenvalue weighted by Crippen LogP contribution is 2.15. The molecular formula is C18H32N2O. The summed E-state index contributed by atoms with van der Waals surface area (Å²) in [6, 6.07) is 8.19. The molecule has 1 aromatic rings. The zero-order valence-corrected chi connectivity index (χ0v) is 14.2. The first-order chi connectivity index (χ1) is 10.1. The molecule has 0 fully saturated rings. The molecule has 0 aliphatic heterocycles. The Kier molecular flexibility index (Phi) is 8.58. The highest BCUT2D eigenvalue weighted by Gasteiger charge is 2.12. The molecule has 0 amide bonds. The SMILES string of the molecule is CCN(CC)CCCN(CC)CC(O)c1ccc(C)cc1. The van der Waals surface area contributed by atoms with E-state index in [1.807, 2.05) is 12.1 Å². The van der Waals surface area contributed by atoms with E-state index in [-0.39, 0.29) is 6.10 Å². The van der Waals surface area contributed by atoms with Gasteiger partial charge in [-0.05, 0) is 51.6 Å². The molecule has 0 aromatic heterocycles. The van der Waals surface area contributed by atoms with Crippen LogP contribution in [0.3, 0.4) is 0 Å². The van der Waals surface area contributed by atoms with Crippen LogP contribution in [-0.2, 0) is 0 Å². The van der Waals surface area contributed by atoms with Gasteiger partial charge in [-0.25, -0.2) is 0 Å². The second-order valence-corrected chi connectivity index (χ2v) is 5.70. The van der Waals surface area contributed by atoms with Gasteiger partial charge in [-0.3, -0.25) is 0 Å². The van der Waals surface area contributed by atoms with Crippen LogP contribution in [0, 0.1) is 6.92 Å². The van der Waals surface area contributed by atoms with Crippen LogP contribution in [0.4, 0.5) is 0 Å². The molecule has 0 bridgehead atoms. The Labute approximate surface area is 130 Å². The summed E-state index contributed by atoms with van der Waals surface area (Å²) in [4.78, 5) is 4.79. The average molecular weight is 292 g/mol. The number of hydrogen-bond donors (Lipinski definition) is 1. The van der Waals surface area contributed by atoms with E-state index in [0.29, 0.717) is 0 Å². The molecule has 1 atom stereocenters. The number of rotatable bonds is 10. The topological polar surface area (TPSA) is 26.7 Å². The fourth-order valence-electron chi connectivity index (χ4n) is 2.57. The fourth-order valence-corrected chi connectivity index (χ4v) is 2.57. The third-order valence-corrected chi connectivity index (χ3v) is 4.18. The van der Waals surface area contributed by atoms with Gasteiger partial charge in [0.05, 0.1) is 6.10 Å². The highest BCUT2D eigenvalue weighted by atomic mass is 16.3. The van der Waals surface area contributed by atoms with E-state index in [0.717, 1.165) is 51.3 Å². The third kappa shape index (κ3) is 6.60. The van der Waals surface area contributed by atoms with E-state index < -0.39 is 0 Å². The lowest BCUT2D eigenvalue weighted by molar-refractivity contribution is 0.113. The molecule has 120 valence electrons. The molecule has 3 nitrogen and oxygen atoms in total. The second-order valence-electron chi connectivity index (χ2n) is 5.70. The van der Waals surface area contributed by atoms with Crippen LogP contribution in [0.5, 0.6) is 0 Å². The van der Waals surface area contributed by atoms with Crippen molar-refractivity contribution in [1.29, 1.82) is 0 Å². The largest absolute Gasteiger partial charge is 0.387 e. The second kappa shape index (κ2) is 9.93. The van der Waals surface area contributed by atoms with E-state index in [1.165, 1.54) is 5.56 Å². The molecule has 0 saturated carbocycles. The van der Waals surface area contributed by atoms with Gasteiger partial charge in [0.15, 0.2) is 0 Å². The van der Waals surface area contributed by atoms with Crippen molar-refractivity contribution in [2.45, 2.75) is 40.2 Å². The Morgan fingerprint density at radius 2 is 1.43 bits per heavy atom. The van der Waals surface area contributed by atoms with E-state index in [9.17, 15) is 5.11 Å². The Morgan fingerprint density at radius 3 is 1.95 bits per heavy atom. The standard InChI is InChI=1S/C18H32N2O/c1-5-19(6-2)13-8-14-20(7-3)15-18(21)17-11-9-16(4)10-12-17/h9-12,18,21H,5-8,13-15H2,1-4H3. The number of nitrogens with zero attached hydrogens (tertiary/aromatic N) is 2. The number of likely N-dealkylation sites (N-methyl/N-ethyl adjacent to an activating group) is 1. The molecule has 1 aromatic carbocycles. The first-order valence-electron chi connectivity index (χ1n) is 8.30. The van der Waals surface area contributed by atoms with Crippen LogP contribution < -0.4 is 0 Å². The summed E-state index contributed by atoms with van der Waals surface area (Å²) in [5.41, 5.74) is 2.25. The summed E-state index contributed by atoms with van der Waals surface area (Å²) in [5, 5.41) is 10.4. The van der Waals surface area contributed by atoms with Gasteiger partial charge in [0.2, 0.25) is 0 Å². The first-order valence-corrected chi connectivity index (χ1v) is 8.30. The third-order valence-electron chi connectivity index (χ3n) is 4.18. The lowest BCUT2D eigenvalue weighted by atomic mass is 10.1. The number of benzene rings is 1. The number of aliphatic hydroxyl groups excluding tert-OH is 1. The molecule has 0 aliphatic rings. The fraction of sp³-hybridized carbons (Fsp3) is 0.667. The Balaban J connectivity index is 2.40. The van der Waals surface area contributed by atoms with Gasteiger partial charge in [0.25, 0.3) is 0 Å². The van der Waals surface area contributed by atoms with Crippen LogP contribution in [0.2, 0.25) is 0 Å². The van der Waals surface area contributed by atoms with Crippen LogP contribution in [0.1, 0.15) is 44.4 Å². The first kappa shape index (κ1) is 18.1. The van der Waals surface area contributed by atoms with Gasteiger partial charge in [-0.15, -0.1) is 0 Å². The Morgan fingerprint density at radius 1 is 0.905 bits per heavy atom. The van der Waals surface area contributed by atoms with Gasteiger partial charge in [0, 0.05) is 6.54 Å². The molecule has 0 radical (unpaired) electrons. The van der Waals surface area contributed by atoms with Crippen molar-refractivity contribution in [3.05, 3.63) is 35.4 Å². The molecular weight excluding hydrogens is 260 g/mol. The van der Waals surface area contributed by atoms with Crippen LogP contribution in [0.15, 0.2) is 24.3 Å². The molecule has 1 rings (SSSR count). The maximum Gasteiger partial charge on any atom is 0.0916 e. The van der Waals surface area contributed by atoms with E-state index in [2.05, 4.69) is 49.6 Å². The molecule has 0 heterocycles.